The minimum absolute atomic E-state index is 0.631. The summed E-state index contributed by atoms with van der Waals surface area (Å²) in [7, 11) is 0. The molecule has 0 aromatic heterocycles. The Kier molecular flexibility index (Phi) is 8.24. The van der Waals surface area contributed by atoms with Gasteiger partial charge < -0.3 is 5.32 Å². The molecule has 0 spiro atoms. The van der Waals surface area contributed by atoms with Crippen molar-refractivity contribution in [3.8, 4) is 0 Å². The van der Waals surface area contributed by atoms with Gasteiger partial charge in [-0.1, -0.05) is 44.9 Å². The molecule has 0 bridgehead atoms. The van der Waals surface area contributed by atoms with E-state index in [0.717, 1.165) is 12.5 Å². The third-order valence-electron chi connectivity index (χ3n) is 3.54. The van der Waals surface area contributed by atoms with E-state index in [1.165, 1.54) is 35.5 Å². The van der Waals surface area contributed by atoms with E-state index < -0.39 is 0 Å². The lowest BCUT2D eigenvalue weighted by atomic mass is 9.98. The van der Waals surface area contributed by atoms with Crippen LogP contribution in [0.4, 0.5) is 0 Å². The van der Waals surface area contributed by atoms with Crippen LogP contribution >= 0.6 is 11.8 Å². The summed E-state index contributed by atoms with van der Waals surface area (Å²) >= 11 is 1.98. The number of hydrogen-bond acceptors (Lipinski definition) is 2. The molecule has 1 rings (SSSR count). The van der Waals surface area contributed by atoms with E-state index in [-0.39, 0.29) is 0 Å². The van der Waals surface area contributed by atoms with Crippen molar-refractivity contribution < 1.29 is 0 Å². The summed E-state index contributed by atoms with van der Waals surface area (Å²) in [5.74, 6) is 1.93. The molecule has 0 saturated carbocycles. The topological polar surface area (TPSA) is 12.0 Å². The lowest BCUT2D eigenvalue weighted by Gasteiger charge is -2.24. The zero-order valence-corrected chi connectivity index (χ0v) is 13.7. The van der Waals surface area contributed by atoms with Crippen molar-refractivity contribution in [1.82, 2.24) is 5.32 Å². The normalized spacial score (nSPS) is 14.3. The Morgan fingerprint density at radius 2 is 1.79 bits per heavy atom. The van der Waals surface area contributed by atoms with E-state index in [2.05, 4.69) is 57.3 Å². The van der Waals surface area contributed by atoms with Crippen LogP contribution in [-0.2, 0) is 0 Å². The van der Waals surface area contributed by atoms with Gasteiger partial charge in [0.1, 0.15) is 0 Å². The molecule has 1 aromatic carbocycles. The Bertz CT molecular complexity index is 334. The van der Waals surface area contributed by atoms with Crippen LogP contribution in [0.1, 0.15) is 45.6 Å². The first-order chi connectivity index (χ1) is 9.17. The number of nitrogens with one attached hydrogen (secondary N) is 1. The molecule has 0 aliphatic heterocycles. The zero-order chi connectivity index (χ0) is 14.1. The summed E-state index contributed by atoms with van der Waals surface area (Å²) in [6.45, 7) is 10.2. The van der Waals surface area contributed by atoms with Gasteiger partial charge in [-0.15, -0.1) is 11.8 Å². The van der Waals surface area contributed by atoms with Crippen LogP contribution in [-0.4, -0.2) is 18.3 Å². The van der Waals surface area contributed by atoms with Gasteiger partial charge in [-0.05, 0) is 44.4 Å². The van der Waals surface area contributed by atoms with E-state index in [1.54, 1.807) is 0 Å². The fraction of sp³-hybridized carbons (Fsp3) is 0.647. The van der Waals surface area contributed by atoms with Gasteiger partial charge in [0.05, 0.1) is 0 Å². The van der Waals surface area contributed by atoms with E-state index in [0.29, 0.717) is 6.04 Å². The molecule has 19 heavy (non-hydrogen) atoms. The third kappa shape index (κ3) is 6.49. The van der Waals surface area contributed by atoms with Crippen LogP contribution in [0.15, 0.2) is 29.2 Å². The first kappa shape index (κ1) is 16.6. The molecule has 1 aromatic rings. The van der Waals surface area contributed by atoms with Crippen molar-refractivity contribution in [1.29, 1.82) is 0 Å². The molecule has 0 aliphatic rings. The summed E-state index contributed by atoms with van der Waals surface area (Å²) in [5.41, 5.74) is 1.34. The van der Waals surface area contributed by atoms with E-state index in [9.17, 15) is 0 Å². The zero-order valence-electron chi connectivity index (χ0n) is 12.9. The van der Waals surface area contributed by atoms with Gasteiger partial charge in [-0.3, -0.25) is 0 Å². The smallest absolute Gasteiger partial charge is 0.0187 e. The van der Waals surface area contributed by atoms with Crippen molar-refractivity contribution >= 4 is 11.8 Å². The molecule has 0 amide bonds. The fourth-order valence-electron chi connectivity index (χ4n) is 2.23. The highest BCUT2D eigenvalue weighted by molar-refractivity contribution is 7.99. The Morgan fingerprint density at radius 3 is 2.37 bits per heavy atom. The average Bonchev–Trinajstić information content (AvgIpc) is 2.41. The lowest BCUT2D eigenvalue weighted by molar-refractivity contribution is 0.382. The predicted molar refractivity (Wildman–Crippen MR) is 88.1 cm³/mol. The Hall–Kier alpha value is -0.470. The summed E-state index contributed by atoms with van der Waals surface area (Å²) in [4.78, 5) is 1.39. The number of hydrogen-bond donors (Lipinski definition) is 1. The third-order valence-corrected chi connectivity index (χ3v) is 4.67. The van der Waals surface area contributed by atoms with Crippen LogP contribution in [0.2, 0.25) is 0 Å². The average molecular weight is 279 g/mol. The maximum Gasteiger partial charge on any atom is 0.0187 e. The van der Waals surface area contributed by atoms with Crippen molar-refractivity contribution in [3.05, 3.63) is 29.8 Å². The van der Waals surface area contributed by atoms with Crippen molar-refractivity contribution in [2.45, 2.75) is 57.9 Å². The molecule has 1 nitrogen and oxygen atoms in total. The second-order valence-electron chi connectivity index (χ2n) is 5.45. The maximum atomic E-state index is 3.71. The van der Waals surface area contributed by atoms with Crippen LogP contribution in [0, 0.1) is 12.8 Å². The van der Waals surface area contributed by atoms with Gasteiger partial charge in [0.25, 0.3) is 0 Å². The monoisotopic (exact) mass is 279 g/mol. The molecule has 2 unspecified atom stereocenters. The molecule has 0 heterocycles. The molecule has 2 atom stereocenters. The van der Waals surface area contributed by atoms with E-state index in [1.807, 2.05) is 11.8 Å². The molecule has 0 aliphatic carbocycles. The van der Waals surface area contributed by atoms with Crippen LogP contribution in [0.3, 0.4) is 0 Å². The Balaban J connectivity index is 2.49. The van der Waals surface area contributed by atoms with Crippen LogP contribution in [0.5, 0.6) is 0 Å². The molecule has 2 heteroatoms. The standard InChI is InChI=1S/C17H29NS/c1-5-7-15(4)17(18-12-6-2)13-19-16-10-8-14(3)9-11-16/h8-11,15,17-18H,5-7,12-13H2,1-4H3. The molecule has 0 saturated heterocycles. The first-order valence-electron chi connectivity index (χ1n) is 7.60. The van der Waals surface area contributed by atoms with Crippen molar-refractivity contribution in [3.63, 3.8) is 0 Å². The summed E-state index contributed by atoms with van der Waals surface area (Å²) < 4.78 is 0. The number of aryl methyl sites for hydroxylation is 1. The quantitative estimate of drug-likeness (QED) is 0.646. The van der Waals surface area contributed by atoms with E-state index in [4.69, 9.17) is 0 Å². The summed E-state index contributed by atoms with van der Waals surface area (Å²) in [6, 6.07) is 9.51. The molecule has 1 N–H and O–H groups in total. The number of thioether (sulfide) groups is 1. The SMILES string of the molecule is CCCNC(CSc1ccc(C)cc1)C(C)CCC. The number of benzene rings is 1. The lowest BCUT2D eigenvalue weighted by Crippen LogP contribution is -2.37. The highest BCUT2D eigenvalue weighted by Gasteiger charge is 2.15. The van der Waals surface area contributed by atoms with Crippen LogP contribution < -0.4 is 5.32 Å². The van der Waals surface area contributed by atoms with Gasteiger partial charge in [-0.2, -0.15) is 0 Å². The minimum atomic E-state index is 0.631. The van der Waals surface area contributed by atoms with Gasteiger partial charge in [0, 0.05) is 16.7 Å². The molecule has 0 radical (unpaired) electrons. The highest BCUT2D eigenvalue weighted by atomic mass is 32.2. The molecular formula is C17H29NS. The molecular weight excluding hydrogens is 250 g/mol. The molecule has 108 valence electrons. The highest BCUT2D eigenvalue weighted by Crippen LogP contribution is 2.22. The van der Waals surface area contributed by atoms with Gasteiger partial charge in [-0.25, -0.2) is 0 Å². The maximum absolute atomic E-state index is 3.71. The predicted octanol–water partition coefficient (Wildman–Crippen LogP) is 4.89. The van der Waals surface area contributed by atoms with Gasteiger partial charge in [0.15, 0.2) is 0 Å². The van der Waals surface area contributed by atoms with Crippen molar-refractivity contribution in [2.24, 2.45) is 5.92 Å². The molecule has 0 fully saturated rings. The second kappa shape index (κ2) is 9.44. The van der Waals surface area contributed by atoms with Gasteiger partial charge in [0.2, 0.25) is 0 Å². The Labute approximate surface area is 123 Å². The minimum Gasteiger partial charge on any atom is -0.313 e. The fourth-order valence-corrected chi connectivity index (χ4v) is 3.38. The largest absolute Gasteiger partial charge is 0.313 e. The van der Waals surface area contributed by atoms with E-state index >= 15 is 0 Å². The first-order valence-corrected chi connectivity index (χ1v) is 8.58. The summed E-state index contributed by atoms with van der Waals surface area (Å²) in [5, 5.41) is 3.71. The second-order valence-corrected chi connectivity index (χ2v) is 6.54. The number of rotatable bonds is 9. The summed E-state index contributed by atoms with van der Waals surface area (Å²) in [6.07, 6.45) is 3.81. The van der Waals surface area contributed by atoms with Crippen molar-refractivity contribution in [2.75, 3.05) is 12.3 Å². The Morgan fingerprint density at radius 1 is 1.11 bits per heavy atom. The van der Waals surface area contributed by atoms with Gasteiger partial charge >= 0.3 is 0 Å². The van der Waals surface area contributed by atoms with Crippen LogP contribution in [0.25, 0.3) is 0 Å².